The van der Waals surface area contributed by atoms with Crippen molar-refractivity contribution < 1.29 is 43.8 Å². The molecule has 342 valence electrons. The molecule has 0 aromatic heterocycles. The first-order chi connectivity index (χ1) is 30.0. The molecule has 14 N–H and O–H groups in total. The molecule has 3 aromatic carbocycles. The van der Waals surface area contributed by atoms with Gasteiger partial charge in [0.1, 0.15) is 24.2 Å². The van der Waals surface area contributed by atoms with Gasteiger partial charge < -0.3 is 59.3 Å². The molecule has 0 aliphatic carbocycles. The van der Waals surface area contributed by atoms with E-state index in [2.05, 4.69) is 36.9 Å². The van der Waals surface area contributed by atoms with Crippen LogP contribution in [-0.4, -0.2) is 114 Å². The molecule has 3 aromatic rings. The largest absolute Gasteiger partial charge is 0.481 e. The normalized spacial score (nSPS) is 13.4. The molecule has 0 aliphatic rings. The molecule has 0 bridgehead atoms. The van der Waals surface area contributed by atoms with E-state index in [1.54, 1.807) is 6.07 Å². The van der Waals surface area contributed by atoms with Crippen molar-refractivity contribution in [3.8, 4) is 0 Å². The number of amides is 5. The number of carboxylic acids is 2. The fraction of sp³-hybridized carbons (Fsp3) is 0.455. The van der Waals surface area contributed by atoms with Crippen molar-refractivity contribution in [3.63, 3.8) is 0 Å². The predicted octanol–water partition coefficient (Wildman–Crippen LogP) is 0.179. The second-order valence-electron chi connectivity index (χ2n) is 15.5. The summed E-state index contributed by atoms with van der Waals surface area (Å²) < 4.78 is 0. The monoisotopic (exact) mass is 874 g/mol. The zero-order valence-electron chi connectivity index (χ0n) is 35.8. The van der Waals surface area contributed by atoms with E-state index in [0.717, 1.165) is 16.3 Å². The fourth-order valence-corrected chi connectivity index (χ4v) is 6.56. The summed E-state index contributed by atoms with van der Waals surface area (Å²) >= 11 is 0. The van der Waals surface area contributed by atoms with Gasteiger partial charge in [-0.1, -0.05) is 86.6 Å². The number of nitrogens with one attached hydrogen (secondary N) is 6. The molecule has 63 heavy (non-hydrogen) atoms. The van der Waals surface area contributed by atoms with Gasteiger partial charge >= 0.3 is 11.9 Å². The van der Waals surface area contributed by atoms with Crippen LogP contribution < -0.4 is 49.1 Å². The Morgan fingerprint density at radius 3 is 1.89 bits per heavy atom. The van der Waals surface area contributed by atoms with Crippen LogP contribution in [0.2, 0.25) is 0 Å². The molecule has 5 amide bonds. The molecular weight excluding hydrogens is 813 g/mol. The molecule has 0 fully saturated rings. The topological polar surface area (TPSA) is 323 Å². The minimum Gasteiger partial charge on any atom is -0.481 e. The van der Waals surface area contributed by atoms with E-state index in [1.807, 2.05) is 80.6 Å². The zero-order valence-corrected chi connectivity index (χ0v) is 35.8. The average Bonchev–Trinajstić information content (AvgIpc) is 3.24. The minimum atomic E-state index is -1.52. The maximum Gasteiger partial charge on any atom is 0.326 e. The number of nitrogens with two attached hydrogens (primary N) is 3. The van der Waals surface area contributed by atoms with Crippen molar-refractivity contribution >= 4 is 58.2 Å². The summed E-state index contributed by atoms with van der Waals surface area (Å²) in [5.74, 6) is -6.55. The highest BCUT2D eigenvalue weighted by Gasteiger charge is 2.31. The number of benzene rings is 3. The number of aliphatic imine (C=N–C) groups is 1. The Balaban J connectivity index is 1.87. The van der Waals surface area contributed by atoms with Crippen LogP contribution in [0, 0.1) is 0 Å². The molecule has 0 aliphatic heterocycles. The van der Waals surface area contributed by atoms with Crippen LogP contribution in [0.3, 0.4) is 0 Å². The number of unbranched alkanes of at least 4 members (excludes halogenated alkanes) is 1. The first-order valence-corrected chi connectivity index (χ1v) is 21.0. The lowest BCUT2D eigenvalue weighted by molar-refractivity contribution is -0.143. The standard InChI is InChI=1S/C44H62N10O9/c1-27(2)48-21-9-8-15-33(52-39(58)32(45)24-28-11-4-3-5-12-28)41(60)53-34(16-10-22-49-44(46)47)42(61)54-36(25-29-17-18-30-13-6-7-14-31(30)23-29)40(59)50-26-37(55)51-35(43(62)63)19-20-38(56)57/h3-7,11-14,17-18,23,27,32-36,48H,8-10,15-16,19-22,24-26,45H2,1-2H3,(H,50,59)(H,51,55)(H,52,58)(H,53,60)(H,54,61)(H,56,57)(H,62,63)(H4,46,47,49)/t32-,33-,34+,35+,36-/m0/s1. The van der Waals surface area contributed by atoms with Crippen molar-refractivity contribution in [3.05, 3.63) is 83.9 Å². The van der Waals surface area contributed by atoms with E-state index in [4.69, 9.17) is 22.3 Å². The summed E-state index contributed by atoms with van der Waals surface area (Å²) in [6, 6.07) is 16.3. The van der Waals surface area contributed by atoms with Crippen LogP contribution in [-0.2, 0) is 46.4 Å². The van der Waals surface area contributed by atoms with Crippen LogP contribution in [0.25, 0.3) is 10.8 Å². The number of carbonyl (C=O) groups is 7. The van der Waals surface area contributed by atoms with E-state index in [9.17, 15) is 38.7 Å². The fourth-order valence-electron chi connectivity index (χ4n) is 6.56. The molecule has 0 radical (unpaired) electrons. The van der Waals surface area contributed by atoms with Crippen molar-refractivity contribution in [2.45, 2.75) is 108 Å². The Kier molecular flexibility index (Phi) is 21.5. The molecule has 0 spiro atoms. The number of nitrogens with zero attached hydrogens (tertiary/aromatic N) is 1. The van der Waals surface area contributed by atoms with Gasteiger partial charge in [0.25, 0.3) is 0 Å². The number of aliphatic carboxylic acids is 2. The second-order valence-corrected chi connectivity index (χ2v) is 15.5. The molecule has 19 heteroatoms. The van der Waals surface area contributed by atoms with Gasteiger partial charge in [0.05, 0.1) is 12.6 Å². The summed E-state index contributed by atoms with van der Waals surface area (Å²) in [4.78, 5) is 94.9. The third-order valence-corrected chi connectivity index (χ3v) is 9.91. The molecule has 0 saturated carbocycles. The molecule has 0 unspecified atom stereocenters. The second kappa shape index (κ2) is 26.7. The van der Waals surface area contributed by atoms with E-state index in [1.165, 1.54) is 0 Å². The Morgan fingerprint density at radius 2 is 1.25 bits per heavy atom. The Bertz CT molecular complexity index is 2030. The number of rotatable bonds is 28. The van der Waals surface area contributed by atoms with Crippen molar-refractivity contribution in [1.82, 2.24) is 31.9 Å². The van der Waals surface area contributed by atoms with Crippen LogP contribution in [0.5, 0.6) is 0 Å². The number of hydrogen-bond donors (Lipinski definition) is 11. The van der Waals surface area contributed by atoms with E-state index >= 15 is 0 Å². The lowest BCUT2D eigenvalue weighted by atomic mass is 10.00. The predicted molar refractivity (Wildman–Crippen MR) is 238 cm³/mol. The minimum absolute atomic E-state index is 0.0144. The van der Waals surface area contributed by atoms with Crippen LogP contribution in [0.1, 0.15) is 69.9 Å². The molecular formula is C44H62N10O9. The maximum absolute atomic E-state index is 14.2. The average molecular weight is 875 g/mol. The lowest BCUT2D eigenvalue weighted by Crippen LogP contribution is -2.58. The zero-order chi connectivity index (χ0) is 46.3. The summed E-state index contributed by atoms with van der Waals surface area (Å²) in [7, 11) is 0. The van der Waals surface area contributed by atoms with Gasteiger partial charge in [-0.05, 0) is 73.4 Å². The summed E-state index contributed by atoms with van der Waals surface area (Å²) in [5.41, 5.74) is 18.8. The van der Waals surface area contributed by atoms with Gasteiger partial charge in [0.15, 0.2) is 5.96 Å². The molecule has 19 nitrogen and oxygen atoms in total. The number of fused-ring (bicyclic) bond motifs is 1. The number of carboxylic acid groups (broad SMARTS) is 2. The van der Waals surface area contributed by atoms with Gasteiger partial charge in [-0.15, -0.1) is 0 Å². The summed E-state index contributed by atoms with van der Waals surface area (Å²) in [5, 5.41) is 36.5. The van der Waals surface area contributed by atoms with Crippen LogP contribution >= 0.6 is 0 Å². The number of carbonyl (C=O) groups excluding carboxylic acids is 5. The third kappa shape index (κ3) is 19.3. The molecule has 5 atom stereocenters. The SMILES string of the molecule is CC(C)NCCCC[C@H](NC(=O)[C@@H](N)Cc1ccccc1)C(=O)N[C@H](CCCN=C(N)N)C(=O)N[C@@H](Cc1ccc2ccccc2c1)C(=O)NCC(=O)N[C@H](CCC(=O)O)C(=O)O. The Morgan fingerprint density at radius 1 is 0.635 bits per heavy atom. The third-order valence-electron chi connectivity index (χ3n) is 9.91. The van der Waals surface area contributed by atoms with Gasteiger partial charge in [0, 0.05) is 25.4 Å². The van der Waals surface area contributed by atoms with Crippen LogP contribution in [0.15, 0.2) is 77.8 Å². The van der Waals surface area contributed by atoms with Gasteiger partial charge in [-0.25, -0.2) is 4.79 Å². The quantitative estimate of drug-likeness (QED) is 0.0264. The highest BCUT2D eigenvalue weighted by atomic mass is 16.4. The Hall–Kier alpha value is -6.60. The number of guanidine groups is 1. The first kappa shape index (κ1) is 50.8. The maximum atomic E-state index is 14.2. The van der Waals surface area contributed by atoms with Crippen molar-refractivity contribution in [1.29, 1.82) is 0 Å². The van der Waals surface area contributed by atoms with E-state index in [0.29, 0.717) is 24.9 Å². The number of hydrogen-bond acceptors (Lipinski definition) is 10. The smallest absolute Gasteiger partial charge is 0.326 e. The molecule has 3 rings (SSSR count). The van der Waals surface area contributed by atoms with Gasteiger partial charge in [0.2, 0.25) is 29.5 Å². The highest BCUT2D eigenvalue weighted by Crippen LogP contribution is 2.17. The van der Waals surface area contributed by atoms with E-state index in [-0.39, 0.29) is 57.1 Å². The van der Waals surface area contributed by atoms with Gasteiger partial charge in [-0.2, -0.15) is 0 Å². The lowest BCUT2D eigenvalue weighted by Gasteiger charge is -2.26. The summed E-state index contributed by atoms with van der Waals surface area (Å²) in [6.07, 6.45) is 0.969. The first-order valence-electron chi connectivity index (χ1n) is 21.0. The molecule has 0 saturated heterocycles. The van der Waals surface area contributed by atoms with E-state index < -0.39 is 84.6 Å². The van der Waals surface area contributed by atoms with Gasteiger partial charge in [-0.3, -0.25) is 33.8 Å². The Labute approximate surface area is 366 Å². The van der Waals surface area contributed by atoms with Crippen LogP contribution in [0.4, 0.5) is 0 Å². The highest BCUT2D eigenvalue weighted by molar-refractivity contribution is 5.96. The summed E-state index contributed by atoms with van der Waals surface area (Å²) in [6.45, 7) is 4.12. The molecule has 0 heterocycles. The van der Waals surface area contributed by atoms with Crippen molar-refractivity contribution in [2.75, 3.05) is 19.6 Å². The van der Waals surface area contributed by atoms with Crippen molar-refractivity contribution in [2.24, 2.45) is 22.2 Å².